The Morgan fingerprint density at radius 2 is 1.77 bits per heavy atom. The minimum Gasteiger partial charge on any atom is -0.465 e. The molecule has 0 aromatic carbocycles. The number of carbonyl (C=O) groups is 2. The summed E-state index contributed by atoms with van der Waals surface area (Å²) < 4.78 is 21.8. The Bertz CT molecular complexity index is 659. The number of hydrogen-bond acceptors (Lipinski definition) is 6. The van der Waals surface area contributed by atoms with Gasteiger partial charge in [-0.2, -0.15) is 0 Å². The monoisotopic (exact) mass is 362 g/mol. The van der Waals surface area contributed by atoms with Crippen molar-refractivity contribution >= 4 is 12.1 Å². The minimum atomic E-state index is -0.702. The van der Waals surface area contributed by atoms with Gasteiger partial charge >= 0.3 is 12.1 Å². The van der Waals surface area contributed by atoms with Crippen LogP contribution in [0.4, 0.5) is 4.79 Å². The summed E-state index contributed by atoms with van der Waals surface area (Å²) in [5, 5.41) is 0. The van der Waals surface area contributed by atoms with Gasteiger partial charge in [0.2, 0.25) is 0 Å². The summed E-state index contributed by atoms with van der Waals surface area (Å²) in [4.78, 5) is 24.4. The van der Waals surface area contributed by atoms with Crippen molar-refractivity contribution in [3.05, 3.63) is 12.3 Å². The first-order valence-electron chi connectivity index (χ1n) is 9.74. The normalized spacial score (nSPS) is 50.2. The zero-order chi connectivity index (χ0) is 18.2. The fourth-order valence-electron chi connectivity index (χ4n) is 7.53. The molecule has 6 heteroatoms. The topological polar surface area (TPSA) is 71.1 Å². The van der Waals surface area contributed by atoms with E-state index in [4.69, 9.17) is 18.9 Å². The molecule has 5 fully saturated rings. The number of hydrogen-bond donors (Lipinski definition) is 0. The van der Waals surface area contributed by atoms with E-state index in [2.05, 4.69) is 6.58 Å². The van der Waals surface area contributed by atoms with Gasteiger partial charge in [0, 0.05) is 13.0 Å². The smallest absolute Gasteiger partial charge is 0.465 e. The Hall–Kier alpha value is -1.56. The molecule has 0 spiro atoms. The van der Waals surface area contributed by atoms with Crippen molar-refractivity contribution in [1.29, 1.82) is 0 Å². The molecular formula is C20H26O6. The first kappa shape index (κ1) is 16.6. The van der Waals surface area contributed by atoms with Gasteiger partial charge in [-0.15, -0.1) is 0 Å². The van der Waals surface area contributed by atoms with Crippen LogP contribution in [-0.4, -0.2) is 38.0 Å². The molecule has 4 aliphatic carbocycles. The van der Waals surface area contributed by atoms with Gasteiger partial charge in [0.05, 0.1) is 18.6 Å². The van der Waals surface area contributed by atoms with E-state index in [9.17, 15) is 9.59 Å². The first-order chi connectivity index (χ1) is 12.5. The highest BCUT2D eigenvalue weighted by Crippen LogP contribution is 2.71. The maximum absolute atomic E-state index is 12.4. The quantitative estimate of drug-likeness (QED) is 0.437. The van der Waals surface area contributed by atoms with Crippen LogP contribution in [0.5, 0.6) is 0 Å². The zero-order valence-corrected chi connectivity index (χ0v) is 15.3. The molecule has 10 atom stereocenters. The van der Waals surface area contributed by atoms with Gasteiger partial charge in [-0.3, -0.25) is 4.79 Å². The number of carbonyl (C=O) groups excluding carboxylic acids is 2. The van der Waals surface area contributed by atoms with Crippen LogP contribution in [0.25, 0.3) is 0 Å². The number of esters is 1. The Balaban J connectivity index is 1.40. The van der Waals surface area contributed by atoms with E-state index in [-0.39, 0.29) is 30.0 Å². The molecular weight excluding hydrogens is 336 g/mol. The third-order valence-corrected chi connectivity index (χ3v) is 7.88. The van der Waals surface area contributed by atoms with Crippen molar-refractivity contribution in [2.75, 3.05) is 13.7 Å². The molecule has 1 heterocycles. The van der Waals surface area contributed by atoms with Crippen LogP contribution in [0.3, 0.4) is 0 Å². The van der Waals surface area contributed by atoms with Crippen molar-refractivity contribution in [3.8, 4) is 0 Å². The molecule has 0 radical (unpaired) electrons. The number of ether oxygens (including phenoxy) is 4. The van der Waals surface area contributed by atoms with E-state index in [1.165, 1.54) is 0 Å². The summed E-state index contributed by atoms with van der Waals surface area (Å²) in [6.07, 6.45) is 2.06. The summed E-state index contributed by atoms with van der Waals surface area (Å²) in [5.41, 5.74) is 0. The molecule has 1 aliphatic heterocycles. The lowest BCUT2D eigenvalue weighted by atomic mass is 9.61. The van der Waals surface area contributed by atoms with Gasteiger partial charge in [-0.05, 0) is 61.7 Å². The molecule has 6 nitrogen and oxygen atoms in total. The Morgan fingerprint density at radius 1 is 1.08 bits per heavy atom. The molecule has 26 heavy (non-hydrogen) atoms. The van der Waals surface area contributed by atoms with E-state index in [1.807, 2.05) is 0 Å². The Labute approximate surface area is 153 Å². The summed E-state index contributed by atoms with van der Waals surface area (Å²) in [6, 6.07) is 0. The second-order valence-electron chi connectivity index (χ2n) is 8.76. The van der Waals surface area contributed by atoms with E-state index >= 15 is 0 Å². The number of rotatable bonds is 3. The number of allylic oxidation sites excluding steroid dienone is 1. The number of methoxy groups -OCH3 is 1. The van der Waals surface area contributed by atoms with Crippen LogP contribution in [0.2, 0.25) is 0 Å². The van der Waals surface area contributed by atoms with Crippen LogP contribution in [0, 0.1) is 47.3 Å². The fourth-order valence-corrected chi connectivity index (χ4v) is 7.53. The van der Waals surface area contributed by atoms with Gasteiger partial charge in [-0.25, -0.2) is 4.79 Å². The van der Waals surface area contributed by atoms with Gasteiger partial charge in [0.25, 0.3) is 0 Å². The Morgan fingerprint density at radius 3 is 2.50 bits per heavy atom. The second-order valence-corrected chi connectivity index (χ2v) is 8.76. The zero-order valence-electron chi connectivity index (χ0n) is 15.3. The number of fused-ring (bicyclic) bond motifs is 12. The van der Waals surface area contributed by atoms with Crippen LogP contribution in [0.15, 0.2) is 12.3 Å². The fraction of sp³-hybridized carbons (Fsp3) is 0.800. The van der Waals surface area contributed by atoms with Crippen LogP contribution in [-0.2, 0) is 23.7 Å². The van der Waals surface area contributed by atoms with Crippen LogP contribution >= 0.6 is 0 Å². The lowest BCUT2D eigenvalue weighted by Crippen LogP contribution is -2.52. The van der Waals surface area contributed by atoms with Crippen molar-refractivity contribution in [1.82, 2.24) is 0 Å². The van der Waals surface area contributed by atoms with Gasteiger partial charge in [-0.1, -0.05) is 6.58 Å². The average Bonchev–Trinajstić information content (AvgIpc) is 3.30. The minimum absolute atomic E-state index is 0.00238. The third-order valence-electron chi connectivity index (χ3n) is 7.88. The van der Waals surface area contributed by atoms with Crippen LogP contribution in [0.1, 0.15) is 26.2 Å². The van der Waals surface area contributed by atoms with Crippen molar-refractivity contribution in [2.45, 2.75) is 38.4 Å². The molecule has 1 saturated heterocycles. The predicted octanol–water partition coefficient (Wildman–Crippen LogP) is 2.77. The van der Waals surface area contributed by atoms with E-state index in [0.717, 1.165) is 19.3 Å². The van der Waals surface area contributed by atoms with E-state index in [0.29, 0.717) is 47.9 Å². The molecule has 5 aliphatic rings. The second kappa shape index (κ2) is 5.72. The average molecular weight is 362 g/mol. The maximum atomic E-state index is 12.4. The van der Waals surface area contributed by atoms with Gasteiger partial charge in [0.15, 0.2) is 0 Å². The maximum Gasteiger partial charge on any atom is 0.513 e. The van der Waals surface area contributed by atoms with Crippen molar-refractivity contribution in [2.24, 2.45) is 47.3 Å². The lowest BCUT2D eigenvalue weighted by molar-refractivity contribution is -0.167. The SMILES string of the molecule is C=C(C)OC(=O)OC1C2CC(C1OC)C1C3CC(C4C(=O)OCCC34)C21. The van der Waals surface area contributed by atoms with Crippen LogP contribution < -0.4 is 0 Å². The van der Waals surface area contributed by atoms with E-state index < -0.39 is 6.16 Å². The van der Waals surface area contributed by atoms with Gasteiger partial charge in [0.1, 0.15) is 11.9 Å². The molecule has 0 aromatic heterocycles. The van der Waals surface area contributed by atoms with Gasteiger partial charge < -0.3 is 18.9 Å². The predicted molar refractivity (Wildman–Crippen MR) is 89.7 cm³/mol. The standard InChI is InChI=1S/C20H26O6/c1-8(2)25-20(22)26-18-13-7-12(17(18)23-3)14-10-6-11(15(13)14)16-9(10)4-5-24-19(16)21/h9-18H,1,4-7H2,2-3H3. The highest BCUT2D eigenvalue weighted by atomic mass is 16.7. The van der Waals surface area contributed by atoms with Crippen molar-refractivity contribution < 1.29 is 28.5 Å². The first-order valence-corrected chi connectivity index (χ1v) is 9.74. The molecule has 0 amide bonds. The largest absolute Gasteiger partial charge is 0.513 e. The summed E-state index contributed by atoms with van der Waals surface area (Å²) in [7, 11) is 1.70. The molecule has 4 saturated carbocycles. The molecule has 142 valence electrons. The van der Waals surface area contributed by atoms with Crippen molar-refractivity contribution in [3.63, 3.8) is 0 Å². The Kier molecular flexibility index (Phi) is 3.65. The molecule has 0 N–H and O–H groups in total. The number of cyclic esters (lactones) is 1. The molecule has 10 unspecified atom stereocenters. The summed E-state index contributed by atoms with van der Waals surface area (Å²) in [5.74, 6) is 3.51. The lowest BCUT2D eigenvalue weighted by Gasteiger charge is -2.47. The molecule has 5 rings (SSSR count). The third kappa shape index (κ3) is 2.08. The summed E-state index contributed by atoms with van der Waals surface area (Å²) in [6.45, 7) is 5.78. The van der Waals surface area contributed by atoms with E-state index in [1.54, 1.807) is 14.0 Å². The highest BCUT2D eigenvalue weighted by Gasteiger charge is 2.72. The molecule has 0 aromatic rings. The highest BCUT2D eigenvalue weighted by molar-refractivity contribution is 5.75. The summed E-state index contributed by atoms with van der Waals surface area (Å²) >= 11 is 0. The molecule has 4 bridgehead atoms.